The fourth-order valence-electron chi connectivity index (χ4n) is 6.46. The minimum absolute atomic E-state index is 0.00766. The van der Waals surface area contributed by atoms with Gasteiger partial charge in [-0.15, -0.1) is 0 Å². The standard InChI is InChI=1S/C44H48N4O6/c1-31-27-28-48(41(52)39(31)46-42(53)54-43(2,3)4)37(29-32-17-9-5-10-18-32)40(51)45-36(30-49)25-26-38(50)47-44(33-19-11-6-12-20-33,34-21-13-7-14-22-34)35-23-15-8-16-24-35/h5-24,27-28,36-37,49H,25-26,29-30H2,1-4H3,(H,45,51)(H,46,53)(H,47,50)/t36-,37-/m0/s1. The van der Waals surface area contributed by atoms with Gasteiger partial charge in [0.1, 0.15) is 22.9 Å². The molecule has 280 valence electrons. The summed E-state index contributed by atoms with van der Waals surface area (Å²) >= 11 is 0. The Morgan fingerprint density at radius 2 is 1.26 bits per heavy atom. The quantitative estimate of drug-likeness (QED) is 0.0945. The fourth-order valence-corrected chi connectivity index (χ4v) is 6.46. The Balaban J connectivity index is 1.39. The molecular weight excluding hydrogens is 681 g/mol. The van der Waals surface area contributed by atoms with Gasteiger partial charge in [-0.25, -0.2) is 4.79 Å². The zero-order valence-corrected chi connectivity index (χ0v) is 31.1. The Morgan fingerprint density at radius 3 is 1.74 bits per heavy atom. The van der Waals surface area contributed by atoms with Crippen molar-refractivity contribution in [3.63, 3.8) is 0 Å². The lowest BCUT2D eigenvalue weighted by Gasteiger charge is -2.37. The summed E-state index contributed by atoms with van der Waals surface area (Å²) in [7, 11) is 0. The van der Waals surface area contributed by atoms with Gasteiger partial charge < -0.3 is 25.0 Å². The summed E-state index contributed by atoms with van der Waals surface area (Å²) < 4.78 is 6.65. The van der Waals surface area contributed by atoms with Crippen molar-refractivity contribution in [3.05, 3.63) is 172 Å². The lowest BCUT2D eigenvalue weighted by molar-refractivity contribution is -0.126. The SMILES string of the molecule is Cc1ccn([C@@H](Cc2ccccc2)C(=O)N[C@H](CO)CCC(=O)NC(c2ccccc2)(c2ccccc2)c2ccccc2)c(=O)c1NC(=O)OC(C)(C)C. The molecule has 0 fully saturated rings. The van der Waals surface area contributed by atoms with Crippen LogP contribution in [-0.2, 0) is 26.3 Å². The average molecular weight is 729 g/mol. The number of hydrogen-bond acceptors (Lipinski definition) is 6. The third-order valence-corrected chi connectivity index (χ3v) is 9.10. The third kappa shape index (κ3) is 9.70. The van der Waals surface area contributed by atoms with Crippen LogP contribution in [0.2, 0.25) is 0 Å². The first-order valence-electron chi connectivity index (χ1n) is 18.1. The van der Waals surface area contributed by atoms with Crippen molar-refractivity contribution in [2.45, 2.75) is 70.2 Å². The monoisotopic (exact) mass is 728 g/mol. The molecule has 1 heterocycles. The maximum Gasteiger partial charge on any atom is 0.412 e. The smallest absolute Gasteiger partial charge is 0.412 e. The van der Waals surface area contributed by atoms with Crippen LogP contribution in [0.4, 0.5) is 10.5 Å². The zero-order valence-electron chi connectivity index (χ0n) is 31.1. The highest BCUT2D eigenvalue weighted by atomic mass is 16.6. The van der Waals surface area contributed by atoms with Crippen molar-refractivity contribution in [1.29, 1.82) is 0 Å². The number of carbonyl (C=O) groups excluding carboxylic acids is 3. The van der Waals surface area contributed by atoms with Crippen molar-refractivity contribution in [2.24, 2.45) is 0 Å². The molecule has 0 aliphatic rings. The molecule has 0 aliphatic carbocycles. The van der Waals surface area contributed by atoms with Crippen molar-refractivity contribution in [1.82, 2.24) is 15.2 Å². The molecule has 10 nitrogen and oxygen atoms in total. The minimum atomic E-state index is -1.05. The van der Waals surface area contributed by atoms with E-state index in [2.05, 4.69) is 16.0 Å². The van der Waals surface area contributed by atoms with E-state index in [4.69, 9.17) is 4.74 Å². The lowest BCUT2D eigenvalue weighted by atomic mass is 9.77. The van der Waals surface area contributed by atoms with E-state index in [1.807, 2.05) is 121 Å². The van der Waals surface area contributed by atoms with Crippen LogP contribution in [0.25, 0.3) is 0 Å². The van der Waals surface area contributed by atoms with Gasteiger partial charge in [0.2, 0.25) is 11.8 Å². The number of aromatic nitrogens is 1. The second kappa shape index (κ2) is 17.7. The summed E-state index contributed by atoms with van der Waals surface area (Å²) in [6, 6.07) is 38.3. The number of benzene rings is 4. The third-order valence-electron chi connectivity index (χ3n) is 9.10. The maximum absolute atomic E-state index is 14.1. The number of nitrogens with one attached hydrogen (secondary N) is 3. The van der Waals surface area contributed by atoms with Crippen LogP contribution >= 0.6 is 0 Å². The van der Waals surface area contributed by atoms with Gasteiger partial charge in [0, 0.05) is 19.0 Å². The van der Waals surface area contributed by atoms with E-state index in [-0.39, 0.29) is 30.9 Å². The van der Waals surface area contributed by atoms with E-state index < -0.39 is 47.4 Å². The summed E-state index contributed by atoms with van der Waals surface area (Å²) in [5, 5.41) is 19.2. The van der Waals surface area contributed by atoms with E-state index in [0.29, 0.717) is 5.56 Å². The summed E-state index contributed by atoms with van der Waals surface area (Å²) in [6.45, 7) is 6.40. The van der Waals surface area contributed by atoms with E-state index in [1.165, 1.54) is 10.8 Å². The molecular formula is C44H48N4O6. The Hall–Kier alpha value is -6.00. The second-order valence-electron chi connectivity index (χ2n) is 14.2. The first kappa shape index (κ1) is 39.2. The highest BCUT2D eigenvalue weighted by molar-refractivity contribution is 5.86. The van der Waals surface area contributed by atoms with Gasteiger partial charge in [-0.1, -0.05) is 121 Å². The number of nitrogens with zero attached hydrogens (tertiary/aromatic N) is 1. The summed E-state index contributed by atoms with van der Waals surface area (Å²) in [5.41, 5.74) is 1.51. The Bertz CT molecular complexity index is 1970. The van der Waals surface area contributed by atoms with Gasteiger partial charge in [0.25, 0.3) is 5.56 Å². The van der Waals surface area contributed by atoms with E-state index >= 15 is 0 Å². The van der Waals surface area contributed by atoms with Crippen LogP contribution in [-0.4, -0.2) is 45.8 Å². The number of anilines is 1. The summed E-state index contributed by atoms with van der Waals surface area (Å²) in [5.74, 6) is -0.813. The average Bonchev–Trinajstić information content (AvgIpc) is 3.17. The van der Waals surface area contributed by atoms with E-state index in [1.54, 1.807) is 33.8 Å². The molecule has 54 heavy (non-hydrogen) atoms. The van der Waals surface area contributed by atoms with Crippen LogP contribution in [0, 0.1) is 6.92 Å². The van der Waals surface area contributed by atoms with Crippen molar-refractivity contribution >= 4 is 23.6 Å². The number of rotatable bonds is 14. The number of hydrogen-bond donors (Lipinski definition) is 4. The first-order chi connectivity index (χ1) is 25.9. The maximum atomic E-state index is 14.1. The molecule has 4 N–H and O–H groups in total. The van der Waals surface area contributed by atoms with Gasteiger partial charge in [0.15, 0.2) is 0 Å². The molecule has 0 radical (unpaired) electrons. The van der Waals surface area contributed by atoms with E-state index in [0.717, 1.165) is 22.3 Å². The van der Waals surface area contributed by atoms with Gasteiger partial charge in [-0.05, 0) is 68.0 Å². The molecule has 0 aliphatic heterocycles. The van der Waals surface area contributed by atoms with Crippen LogP contribution in [0.5, 0.6) is 0 Å². The second-order valence-corrected chi connectivity index (χ2v) is 14.2. The van der Waals surface area contributed by atoms with Crippen LogP contribution in [0.1, 0.15) is 67.5 Å². The minimum Gasteiger partial charge on any atom is -0.444 e. The molecule has 1 aromatic heterocycles. The van der Waals surface area contributed by atoms with Crippen molar-refractivity contribution in [3.8, 4) is 0 Å². The molecule has 5 aromatic rings. The molecule has 3 amide bonds. The van der Waals surface area contributed by atoms with E-state index in [9.17, 15) is 24.3 Å². The fraction of sp³-hybridized carbons (Fsp3) is 0.273. The molecule has 0 unspecified atom stereocenters. The zero-order chi connectivity index (χ0) is 38.7. The molecule has 0 saturated carbocycles. The Morgan fingerprint density at radius 1 is 0.759 bits per heavy atom. The van der Waals surface area contributed by atoms with Gasteiger partial charge in [-0.3, -0.25) is 19.7 Å². The molecule has 4 aromatic carbocycles. The highest BCUT2D eigenvalue weighted by Crippen LogP contribution is 2.37. The normalized spacial score (nSPS) is 12.6. The Labute approximate surface area is 316 Å². The lowest BCUT2D eigenvalue weighted by Crippen LogP contribution is -2.48. The first-order valence-corrected chi connectivity index (χ1v) is 18.1. The van der Waals surface area contributed by atoms with Crippen LogP contribution in [0.15, 0.2) is 138 Å². The van der Waals surface area contributed by atoms with Crippen molar-refractivity contribution in [2.75, 3.05) is 11.9 Å². The molecule has 10 heteroatoms. The number of aliphatic hydroxyl groups excluding tert-OH is 1. The molecule has 0 saturated heterocycles. The number of amides is 3. The largest absolute Gasteiger partial charge is 0.444 e. The predicted molar refractivity (Wildman–Crippen MR) is 210 cm³/mol. The predicted octanol–water partition coefficient (Wildman–Crippen LogP) is 6.65. The molecule has 0 spiro atoms. The number of carbonyl (C=O) groups is 3. The summed E-state index contributed by atoms with van der Waals surface area (Å²) in [6.07, 6.45) is 0.974. The highest BCUT2D eigenvalue weighted by Gasteiger charge is 2.38. The van der Waals surface area contributed by atoms with Gasteiger partial charge in [-0.2, -0.15) is 0 Å². The number of pyridine rings is 1. The van der Waals surface area contributed by atoms with Crippen LogP contribution < -0.4 is 21.5 Å². The summed E-state index contributed by atoms with van der Waals surface area (Å²) in [4.78, 5) is 54.6. The molecule has 2 atom stereocenters. The van der Waals surface area contributed by atoms with Gasteiger partial charge in [0.05, 0.1) is 12.6 Å². The molecule has 0 bridgehead atoms. The number of ether oxygens (including phenoxy) is 1. The van der Waals surface area contributed by atoms with Crippen molar-refractivity contribution < 1.29 is 24.2 Å². The number of aryl methyl sites for hydroxylation is 1. The topological polar surface area (TPSA) is 139 Å². The van der Waals surface area contributed by atoms with Crippen LogP contribution in [0.3, 0.4) is 0 Å². The number of aliphatic hydroxyl groups is 1. The Kier molecular flexibility index (Phi) is 12.8. The van der Waals surface area contributed by atoms with Gasteiger partial charge >= 0.3 is 6.09 Å². The molecule has 5 rings (SSSR count).